The molecule has 0 bridgehead atoms. The molecule has 1 rings (SSSR count). The van der Waals surface area contributed by atoms with E-state index >= 15 is 0 Å². The number of nitrogens with zero attached hydrogens (tertiary/aromatic N) is 2. The molecule has 2 nitrogen and oxygen atoms in total. The first-order valence-electron chi connectivity index (χ1n) is 2.87. The van der Waals surface area contributed by atoms with Crippen LogP contribution in [0.3, 0.4) is 0 Å². The molecule has 11 heavy (non-hydrogen) atoms. The van der Waals surface area contributed by atoms with Gasteiger partial charge in [-0.1, -0.05) is 11.6 Å². The second-order valence-corrected chi connectivity index (χ2v) is 2.29. The summed E-state index contributed by atoms with van der Waals surface area (Å²) in [4.78, 5) is 6.62. The van der Waals surface area contributed by atoms with Gasteiger partial charge in [-0.25, -0.2) is 15.9 Å². The molecule has 0 saturated carbocycles. The molecule has 0 atom stereocenters. The maximum absolute atomic E-state index is 12.6. The van der Waals surface area contributed by atoms with Crippen LogP contribution in [0.5, 0.6) is 0 Å². The van der Waals surface area contributed by atoms with Gasteiger partial charge in [-0.15, -0.1) is 0 Å². The molecule has 1 aromatic heterocycles. The Kier molecular flexibility index (Phi) is 2.40. The highest BCUT2D eigenvalue weighted by atomic mass is 35.5. The van der Waals surface area contributed by atoms with Crippen LogP contribution in [-0.2, 0) is 6.54 Å². The predicted molar refractivity (Wildman–Crippen MR) is 39.5 cm³/mol. The van der Waals surface area contributed by atoms with Crippen LogP contribution in [0.15, 0.2) is 12.3 Å². The Morgan fingerprint density at radius 2 is 2.45 bits per heavy atom. The quantitative estimate of drug-likeness (QED) is 0.467. The maximum Gasteiger partial charge on any atom is 0.241 e. The molecule has 0 N–H and O–H groups in total. The van der Waals surface area contributed by atoms with Crippen molar-refractivity contribution in [1.29, 1.82) is 0 Å². The number of pyridine rings is 1. The molecule has 0 amide bonds. The average molecular weight is 171 g/mol. The van der Waals surface area contributed by atoms with E-state index in [1.807, 2.05) is 0 Å². The van der Waals surface area contributed by atoms with Crippen LogP contribution < -0.4 is 0 Å². The third-order valence-electron chi connectivity index (χ3n) is 1.11. The first-order valence-corrected chi connectivity index (χ1v) is 3.25. The minimum atomic E-state index is -0.576. The van der Waals surface area contributed by atoms with Gasteiger partial charge < -0.3 is 4.85 Å². The Morgan fingerprint density at radius 1 is 1.73 bits per heavy atom. The highest BCUT2D eigenvalue weighted by molar-refractivity contribution is 6.29. The summed E-state index contributed by atoms with van der Waals surface area (Å²) >= 11 is 5.32. The Labute approximate surface area is 68.5 Å². The van der Waals surface area contributed by atoms with Crippen LogP contribution in [0.4, 0.5) is 4.39 Å². The van der Waals surface area contributed by atoms with Crippen molar-refractivity contribution in [1.82, 2.24) is 4.98 Å². The third-order valence-corrected chi connectivity index (χ3v) is 1.39. The van der Waals surface area contributed by atoms with E-state index in [4.69, 9.17) is 18.2 Å². The topological polar surface area (TPSA) is 17.2 Å². The number of rotatable bonds is 1. The summed E-state index contributed by atoms with van der Waals surface area (Å²) < 4.78 is 12.6. The largest absolute Gasteiger partial charge is 0.312 e. The molecule has 1 aromatic rings. The normalized spacial score (nSPS) is 9.18. The summed E-state index contributed by atoms with van der Waals surface area (Å²) in [6, 6.07) is 1.22. The highest BCUT2D eigenvalue weighted by Crippen LogP contribution is 2.12. The molecular formula is C7H4ClFN2. The van der Waals surface area contributed by atoms with Crippen LogP contribution in [-0.4, -0.2) is 4.98 Å². The molecule has 56 valence electrons. The van der Waals surface area contributed by atoms with Gasteiger partial charge in [0.1, 0.15) is 0 Å². The van der Waals surface area contributed by atoms with Crippen molar-refractivity contribution in [2.24, 2.45) is 0 Å². The minimum Gasteiger partial charge on any atom is -0.312 e. The molecule has 0 unspecified atom stereocenters. The monoisotopic (exact) mass is 170 g/mol. The van der Waals surface area contributed by atoms with E-state index in [2.05, 4.69) is 9.83 Å². The molecule has 4 heteroatoms. The molecule has 1 heterocycles. The second kappa shape index (κ2) is 3.31. The smallest absolute Gasteiger partial charge is 0.241 e. The highest BCUT2D eigenvalue weighted by Gasteiger charge is 2.02. The van der Waals surface area contributed by atoms with Crippen LogP contribution in [0.1, 0.15) is 5.56 Å². The zero-order valence-electron chi connectivity index (χ0n) is 5.51. The summed E-state index contributed by atoms with van der Waals surface area (Å²) in [6.45, 7) is 6.65. The second-order valence-electron chi connectivity index (χ2n) is 1.93. The van der Waals surface area contributed by atoms with Crippen molar-refractivity contribution in [3.05, 3.63) is 40.2 Å². The fourth-order valence-electron chi connectivity index (χ4n) is 0.639. The molecule has 0 aliphatic carbocycles. The van der Waals surface area contributed by atoms with E-state index < -0.39 is 5.82 Å². The number of aromatic nitrogens is 1. The van der Waals surface area contributed by atoms with Crippen molar-refractivity contribution in [2.75, 3.05) is 0 Å². The van der Waals surface area contributed by atoms with E-state index in [0.717, 1.165) is 0 Å². The van der Waals surface area contributed by atoms with E-state index in [1.54, 1.807) is 0 Å². The van der Waals surface area contributed by atoms with E-state index in [-0.39, 0.29) is 11.7 Å². The molecule has 0 radical (unpaired) electrons. The predicted octanol–water partition coefficient (Wildman–Crippen LogP) is 2.29. The van der Waals surface area contributed by atoms with Crippen LogP contribution >= 0.6 is 11.6 Å². The van der Waals surface area contributed by atoms with Gasteiger partial charge in [-0.2, -0.15) is 0 Å². The van der Waals surface area contributed by atoms with Gasteiger partial charge in [-0.05, 0) is 6.07 Å². The van der Waals surface area contributed by atoms with Gasteiger partial charge in [0.2, 0.25) is 6.54 Å². The standard InChI is InChI=1S/C7H4ClFN2/c1-10-3-5-2-6(9)7(8)11-4-5/h2,4H,3H2. The number of halogens is 2. The zero-order valence-corrected chi connectivity index (χ0v) is 6.27. The van der Waals surface area contributed by atoms with Gasteiger partial charge in [-0.3, -0.25) is 0 Å². The van der Waals surface area contributed by atoms with Crippen molar-refractivity contribution >= 4 is 11.6 Å². The van der Waals surface area contributed by atoms with E-state index in [1.165, 1.54) is 12.3 Å². The molecule has 0 aliphatic rings. The summed E-state index contributed by atoms with van der Waals surface area (Å²) in [5.74, 6) is -0.576. The first-order chi connectivity index (χ1) is 5.24. The van der Waals surface area contributed by atoms with Crippen molar-refractivity contribution < 1.29 is 4.39 Å². The SMILES string of the molecule is [C-]#[N+]Cc1cnc(Cl)c(F)c1. The van der Waals surface area contributed by atoms with Gasteiger partial charge in [0.05, 0.1) is 5.56 Å². The Hall–Kier alpha value is -1.14. The number of hydrogen-bond acceptors (Lipinski definition) is 1. The Bertz CT molecular complexity index is 306. The summed E-state index contributed by atoms with van der Waals surface area (Å²) in [7, 11) is 0. The zero-order chi connectivity index (χ0) is 8.27. The lowest BCUT2D eigenvalue weighted by Crippen LogP contribution is -1.86. The van der Waals surface area contributed by atoms with Gasteiger partial charge in [0.15, 0.2) is 11.0 Å². The number of hydrogen-bond donors (Lipinski definition) is 0. The lowest BCUT2D eigenvalue weighted by atomic mass is 10.3. The third kappa shape index (κ3) is 1.89. The van der Waals surface area contributed by atoms with Crippen LogP contribution in [0, 0.1) is 12.4 Å². The van der Waals surface area contributed by atoms with Crippen LogP contribution in [0.2, 0.25) is 5.15 Å². The molecular weight excluding hydrogens is 167 g/mol. The molecule has 0 spiro atoms. The van der Waals surface area contributed by atoms with Gasteiger partial charge in [0, 0.05) is 6.20 Å². The molecule has 0 aromatic carbocycles. The molecule has 0 fully saturated rings. The van der Waals surface area contributed by atoms with Gasteiger partial charge >= 0.3 is 0 Å². The average Bonchev–Trinajstić information content (AvgIpc) is 1.98. The van der Waals surface area contributed by atoms with Crippen molar-refractivity contribution in [3.8, 4) is 0 Å². The van der Waals surface area contributed by atoms with E-state index in [9.17, 15) is 4.39 Å². The molecule has 0 aliphatic heterocycles. The lowest BCUT2D eigenvalue weighted by molar-refractivity contribution is 0.620. The summed E-state index contributed by atoms with van der Waals surface area (Å²) in [5, 5.41) is -0.154. The fourth-order valence-corrected chi connectivity index (χ4v) is 0.742. The summed E-state index contributed by atoms with van der Waals surface area (Å²) in [5.41, 5.74) is 0.543. The maximum atomic E-state index is 12.6. The Morgan fingerprint density at radius 3 is 3.00 bits per heavy atom. The van der Waals surface area contributed by atoms with Crippen LogP contribution in [0.25, 0.3) is 4.85 Å². The Balaban J connectivity index is 2.98. The first kappa shape index (κ1) is 7.96. The van der Waals surface area contributed by atoms with E-state index in [0.29, 0.717) is 5.56 Å². The van der Waals surface area contributed by atoms with Crippen molar-refractivity contribution in [3.63, 3.8) is 0 Å². The fraction of sp³-hybridized carbons (Fsp3) is 0.143. The minimum absolute atomic E-state index is 0.140. The lowest BCUT2D eigenvalue weighted by Gasteiger charge is -1.93. The van der Waals surface area contributed by atoms with Gasteiger partial charge in [0.25, 0.3) is 0 Å². The summed E-state index contributed by atoms with van der Waals surface area (Å²) in [6.07, 6.45) is 1.39. The van der Waals surface area contributed by atoms with Crippen molar-refractivity contribution in [2.45, 2.75) is 6.54 Å². The molecule has 0 saturated heterocycles.